The molecule has 0 bridgehead atoms. The highest BCUT2D eigenvalue weighted by molar-refractivity contribution is 6.02. The highest BCUT2D eigenvalue weighted by Gasteiger charge is 2.29. The van der Waals surface area contributed by atoms with Crippen LogP contribution in [0.4, 0.5) is 11.4 Å². The van der Waals surface area contributed by atoms with Crippen molar-refractivity contribution in [1.29, 1.82) is 0 Å². The molecule has 3 aromatic carbocycles. The summed E-state index contributed by atoms with van der Waals surface area (Å²) in [5, 5.41) is 5.57. The second kappa shape index (κ2) is 8.06. The van der Waals surface area contributed by atoms with Gasteiger partial charge in [-0.15, -0.1) is 0 Å². The molecular formula is C23H20N2O4. The van der Waals surface area contributed by atoms with E-state index in [1.165, 1.54) is 0 Å². The quantitative estimate of drug-likeness (QED) is 0.674. The molecule has 3 aromatic rings. The zero-order valence-electron chi connectivity index (χ0n) is 15.8. The lowest BCUT2D eigenvalue weighted by atomic mass is 10.1. The Bertz CT molecular complexity index is 1030. The molecule has 1 aliphatic heterocycles. The number of carbonyl (C=O) groups excluding carboxylic acids is 2. The maximum atomic E-state index is 12.4. The number of hydrogen-bond acceptors (Lipinski definition) is 4. The summed E-state index contributed by atoms with van der Waals surface area (Å²) in [5.74, 6) is 1.33. The molecule has 1 heterocycles. The van der Waals surface area contributed by atoms with Crippen molar-refractivity contribution >= 4 is 23.2 Å². The number of nitrogens with one attached hydrogen (secondary N) is 2. The van der Waals surface area contributed by atoms with Crippen molar-refractivity contribution in [3.05, 3.63) is 78.4 Å². The summed E-state index contributed by atoms with van der Waals surface area (Å²) in [4.78, 5) is 24.6. The van der Waals surface area contributed by atoms with Crippen molar-refractivity contribution in [3.8, 4) is 17.2 Å². The predicted molar refractivity (Wildman–Crippen MR) is 110 cm³/mol. The molecule has 0 aliphatic carbocycles. The summed E-state index contributed by atoms with van der Waals surface area (Å²) < 4.78 is 11.4. The first-order valence-electron chi connectivity index (χ1n) is 9.28. The van der Waals surface area contributed by atoms with Crippen LogP contribution in [0, 0.1) is 6.92 Å². The second-order valence-electron chi connectivity index (χ2n) is 6.79. The van der Waals surface area contributed by atoms with Gasteiger partial charge >= 0.3 is 0 Å². The second-order valence-corrected chi connectivity index (χ2v) is 6.79. The van der Waals surface area contributed by atoms with E-state index in [4.69, 9.17) is 9.47 Å². The Morgan fingerprint density at radius 3 is 2.52 bits per heavy atom. The van der Waals surface area contributed by atoms with Crippen molar-refractivity contribution in [1.82, 2.24) is 0 Å². The van der Waals surface area contributed by atoms with Crippen LogP contribution < -0.4 is 20.1 Å². The molecule has 29 heavy (non-hydrogen) atoms. The van der Waals surface area contributed by atoms with Gasteiger partial charge in [0.1, 0.15) is 17.2 Å². The molecule has 1 atom stereocenters. The highest BCUT2D eigenvalue weighted by atomic mass is 16.5. The Kier molecular flexibility index (Phi) is 5.16. The molecule has 0 saturated heterocycles. The van der Waals surface area contributed by atoms with Crippen molar-refractivity contribution in [2.45, 2.75) is 19.4 Å². The number of ether oxygens (including phenoxy) is 2. The topological polar surface area (TPSA) is 76.7 Å². The van der Waals surface area contributed by atoms with Crippen LogP contribution in [0.15, 0.2) is 72.8 Å². The lowest BCUT2D eigenvalue weighted by Gasteiger charge is -2.25. The van der Waals surface area contributed by atoms with Gasteiger partial charge in [-0.3, -0.25) is 9.59 Å². The van der Waals surface area contributed by atoms with Gasteiger partial charge in [-0.25, -0.2) is 0 Å². The lowest BCUT2D eigenvalue weighted by Crippen LogP contribution is -2.39. The Labute approximate surface area is 168 Å². The Balaban J connectivity index is 1.35. The summed E-state index contributed by atoms with van der Waals surface area (Å²) in [6.07, 6.45) is -0.951. The molecule has 0 spiro atoms. The summed E-state index contributed by atoms with van der Waals surface area (Å²) in [6.45, 7) is 1.93. The van der Waals surface area contributed by atoms with Crippen LogP contribution >= 0.6 is 0 Å². The van der Waals surface area contributed by atoms with E-state index in [0.29, 0.717) is 22.9 Å². The minimum absolute atomic E-state index is 0.0819. The minimum Gasteiger partial charge on any atom is -0.478 e. The first-order valence-corrected chi connectivity index (χ1v) is 9.28. The monoisotopic (exact) mass is 388 g/mol. The minimum atomic E-state index is -0.870. The average Bonchev–Trinajstić information content (AvgIpc) is 2.71. The first-order chi connectivity index (χ1) is 14.1. The molecule has 0 fully saturated rings. The summed E-state index contributed by atoms with van der Waals surface area (Å²) >= 11 is 0. The SMILES string of the molecule is Cc1ccc2c(c1)NC(=O)C(CC(=O)Nc1ccc(Oc3ccccc3)cc1)O2. The maximum Gasteiger partial charge on any atom is 0.266 e. The van der Waals surface area contributed by atoms with Crippen LogP contribution in [0.5, 0.6) is 17.2 Å². The fourth-order valence-corrected chi connectivity index (χ4v) is 3.01. The van der Waals surface area contributed by atoms with Gasteiger partial charge < -0.3 is 20.1 Å². The molecule has 0 aromatic heterocycles. The van der Waals surface area contributed by atoms with Gasteiger partial charge in [-0.05, 0) is 61.0 Å². The summed E-state index contributed by atoms with van der Waals surface area (Å²) in [5.41, 5.74) is 2.26. The van der Waals surface area contributed by atoms with Crippen molar-refractivity contribution < 1.29 is 19.1 Å². The normalized spacial score (nSPS) is 14.9. The molecule has 2 amide bonds. The number of carbonyl (C=O) groups is 2. The molecule has 146 valence electrons. The zero-order chi connectivity index (χ0) is 20.2. The van der Waals surface area contributed by atoms with Gasteiger partial charge in [0.25, 0.3) is 5.91 Å². The number of para-hydroxylation sites is 1. The van der Waals surface area contributed by atoms with Crippen molar-refractivity contribution in [2.24, 2.45) is 0 Å². The fraction of sp³-hybridized carbons (Fsp3) is 0.130. The average molecular weight is 388 g/mol. The first kappa shape index (κ1) is 18.6. The van der Waals surface area contributed by atoms with E-state index in [-0.39, 0.29) is 18.2 Å². The van der Waals surface area contributed by atoms with E-state index in [1.807, 2.05) is 49.4 Å². The van der Waals surface area contributed by atoms with E-state index in [1.54, 1.807) is 30.3 Å². The molecule has 2 N–H and O–H groups in total. The molecule has 1 unspecified atom stereocenters. The Hall–Kier alpha value is -3.80. The standard InChI is InChI=1S/C23H20N2O4/c1-15-7-12-20-19(13-15)25-23(27)21(29-20)14-22(26)24-16-8-10-18(11-9-16)28-17-5-3-2-4-6-17/h2-13,21H,14H2,1H3,(H,24,26)(H,25,27). The Morgan fingerprint density at radius 2 is 1.76 bits per heavy atom. The van der Waals surface area contributed by atoms with E-state index >= 15 is 0 Å². The van der Waals surface area contributed by atoms with Crippen LogP contribution in [0.25, 0.3) is 0 Å². The number of rotatable bonds is 5. The Morgan fingerprint density at radius 1 is 1.03 bits per heavy atom. The summed E-state index contributed by atoms with van der Waals surface area (Å²) in [7, 11) is 0. The molecule has 4 rings (SSSR count). The van der Waals surface area contributed by atoms with E-state index < -0.39 is 6.10 Å². The summed E-state index contributed by atoms with van der Waals surface area (Å²) in [6, 6.07) is 22.0. The van der Waals surface area contributed by atoms with Gasteiger partial charge in [0.05, 0.1) is 12.1 Å². The van der Waals surface area contributed by atoms with E-state index in [0.717, 1.165) is 11.3 Å². The molecule has 0 saturated carbocycles. The molecular weight excluding hydrogens is 368 g/mol. The number of aryl methyl sites for hydroxylation is 1. The van der Waals surface area contributed by atoms with E-state index in [2.05, 4.69) is 10.6 Å². The van der Waals surface area contributed by atoms with Gasteiger partial charge in [0, 0.05) is 5.69 Å². The fourth-order valence-electron chi connectivity index (χ4n) is 3.01. The lowest BCUT2D eigenvalue weighted by molar-refractivity contribution is -0.128. The van der Waals surface area contributed by atoms with Gasteiger partial charge in [-0.1, -0.05) is 24.3 Å². The van der Waals surface area contributed by atoms with Crippen LogP contribution in [0.1, 0.15) is 12.0 Å². The van der Waals surface area contributed by atoms with Crippen molar-refractivity contribution in [2.75, 3.05) is 10.6 Å². The molecule has 6 heteroatoms. The third kappa shape index (κ3) is 4.55. The maximum absolute atomic E-state index is 12.4. The molecule has 1 aliphatic rings. The number of anilines is 2. The van der Waals surface area contributed by atoms with Gasteiger partial charge in [0.2, 0.25) is 5.91 Å². The highest BCUT2D eigenvalue weighted by Crippen LogP contribution is 2.31. The predicted octanol–water partition coefficient (Wildman–Crippen LogP) is 4.52. The van der Waals surface area contributed by atoms with Gasteiger partial charge in [-0.2, -0.15) is 0 Å². The number of amides is 2. The third-order valence-electron chi connectivity index (χ3n) is 4.44. The molecule has 6 nitrogen and oxygen atoms in total. The zero-order valence-corrected chi connectivity index (χ0v) is 15.8. The number of hydrogen-bond donors (Lipinski definition) is 2. The number of fused-ring (bicyclic) bond motifs is 1. The van der Waals surface area contributed by atoms with Crippen LogP contribution in [0.3, 0.4) is 0 Å². The smallest absolute Gasteiger partial charge is 0.266 e. The third-order valence-corrected chi connectivity index (χ3v) is 4.44. The van der Waals surface area contributed by atoms with Crippen LogP contribution in [0.2, 0.25) is 0 Å². The molecule has 0 radical (unpaired) electrons. The van der Waals surface area contributed by atoms with Crippen LogP contribution in [-0.4, -0.2) is 17.9 Å². The largest absolute Gasteiger partial charge is 0.478 e. The van der Waals surface area contributed by atoms with Gasteiger partial charge in [0.15, 0.2) is 6.10 Å². The number of benzene rings is 3. The van der Waals surface area contributed by atoms with Crippen LogP contribution in [-0.2, 0) is 9.59 Å². The van der Waals surface area contributed by atoms with E-state index in [9.17, 15) is 9.59 Å². The van der Waals surface area contributed by atoms with Crippen molar-refractivity contribution in [3.63, 3.8) is 0 Å².